The van der Waals surface area contributed by atoms with Crippen LogP contribution in [0.1, 0.15) is 28.5 Å². The highest BCUT2D eigenvalue weighted by atomic mass is 16.5. The lowest BCUT2D eigenvalue weighted by Gasteiger charge is -2.28. The summed E-state index contributed by atoms with van der Waals surface area (Å²) in [5.74, 6) is 0.719. The molecule has 184 valence electrons. The van der Waals surface area contributed by atoms with Crippen LogP contribution in [0.5, 0.6) is 5.75 Å². The molecule has 1 aliphatic heterocycles. The summed E-state index contributed by atoms with van der Waals surface area (Å²) in [5.41, 5.74) is 6.38. The molecule has 0 saturated carbocycles. The summed E-state index contributed by atoms with van der Waals surface area (Å²) in [4.78, 5) is 26.8. The minimum absolute atomic E-state index is 0.324. The number of hydrogen-bond acceptors (Lipinski definition) is 3. The maximum absolute atomic E-state index is 13.7. The molecule has 0 saturated heterocycles. The van der Waals surface area contributed by atoms with Crippen LogP contribution < -0.4 is 16.0 Å². The summed E-state index contributed by atoms with van der Waals surface area (Å²) in [7, 11) is 3.24. The third-order valence-corrected chi connectivity index (χ3v) is 7.08. The standard InChI is InChI=1S/C31H27N3O3/c1-19-10-14-22(15-11-19)27-26-29(32(3)31(36)33(4)30(26)35)28-25(17-13-21-8-6-5-7-9-21)37-24-16-12-20(2)18-23(24)34(27)28/h5-18,25H,1-4H3/b17-13+/t25-/m1/s1. The number of fused-ring (bicyclic) bond motifs is 5. The highest BCUT2D eigenvalue weighted by Gasteiger charge is 2.34. The molecule has 0 N–H and O–H groups in total. The normalized spacial score (nSPS) is 14.5. The predicted octanol–water partition coefficient (Wildman–Crippen LogP) is 5.46. The van der Waals surface area contributed by atoms with Gasteiger partial charge in [0.05, 0.1) is 28.0 Å². The Hall–Kier alpha value is -4.58. The average Bonchev–Trinajstić information content (AvgIpc) is 3.27. The molecule has 1 aliphatic rings. The van der Waals surface area contributed by atoms with Crippen molar-refractivity contribution in [3.63, 3.8) is 0 Å². The number of nitrogens with zero attached hydrogens (tertiary/aromatic N) is 3. The topological polar surface area (TPSA) is 58.2 Å². The van der Waals surface area contributed by atoms with Gasteiger partial charge in [-0.05, 0) is 48.7 Å². The Morgan fingerprint density at radius 3 is 2.27 bits per heavy atom. The molecule has 1 atom stereocenters. The highest BCUT2D eigenvalue weighted by molar-refractivity contribution is 5.98. The minimum Gasteiger partial charge on any atom is -0.478 e. The van der Waals surface area contributed by atoms with Gasteiger partial charge in [0.25, 0.3) is 5.56 Å². The van der Waals surface area contributed by atoms with Crippen molar-refractivity contribution in [2.45, 2.75) is 20.0 Å². The van der Waals surface area contributed by atoms with E-state index in [1.54, 1.807) is 11.6 Å². The third kappa shape index (κ3) is 3.56. The van der Waals surface area contributed by atoms with Gasteiger partial charge >= 0.3 is 5.69 Å². The second-order valence-corrected chi connectivity index (χ2v) is 9.64. The summed E-state index contributed by atoms with van der Waals surface area (Å²) in [6.45, 7) is 4.07. The van der Waals surface area contributed by atoms with E-state index in [9.17, 15) is 9.59 Å². The third-order valence-electron chi connectivity index (χ3n) is 7.08. The fourth-order valence-electron chi connectivity index (χ4n) is 5.18. The van der Waals surface area contributed by atoms with E-state index in [0.29, 0.717) is 10.9 Å². The quantitative estimate of drug-likeness (QED) is 0.338. The van der Waals surface area contributed by atoms with Gasteiger partial charge in [-0.2, -0.15) is 0 Å². The van der Waals surface area contributed by atoms with E-state index in [1.807, 2.05) is 92.7 Å². The van der Waals surface area contributed by atoms with Gasteiger partial charge in [0, 0.05) is 14.1 Å². The molecule has 0 fully saturated rings. The molecule has 3 heterocycles. The molecule has 6 rings (SSSR count). The van der Waals surface area contributed by atoms with Gasteiger partial charge < -0.3 is 9.30 Å². The summed E-state index contributed by atoms with van der Waals surface area (Å²) < 4.78 is 11.4. The largest absolute Gasteiger partial charge is 0.478 e. The lowest BCUT2D eigenvalue weighted by Crippen LogP contribution is -2.37. The molecule has 0 radical (unpaired) electrons. The van der Waals surface area contributed by atoms with E-state index in [1.165, 1.54) is 11.6 Å². The van der Waals surface area contributed by atoms with E-state index < -0.39 is 6.10 Å². The van der Waals surface area contributed by atoms with Crippen LogP contribution in [0.15, 0.2) is 88.5 Å². The van der Waals surface area contributed by atoms with E-state index in [2.05, 4.69) is 10.6 Å². The number of rotatable bonds is 3. The molecule has 2 aromatic heterocycles. The Kier molecular flexibility index (Phi) is 5.26. The zero-order valence-electron chi connectivity index (χ0n) is 21.2. The van der Waals surface area contributed by atoms with Gasteiger partial charge in [0.2, 0.25) is 0 Å². The van der Waals surface area contributed by atoms with Crippen molar-refractivity contribution >= 4 is 17.0 Å². The van der Waals surface area contributed by atoms with Crippen molar-refractivity contribution in [1.29, 1.82) is 0 Å². The number of aryl methyl sites for hydroxylation is 3. The maximum atomic E-state index is 13.7. The SMILES string of the molecule is Cc1ccc(-c2c3c(=O)n(C)c(=O)n(C)c3c3n2-c2cc(C)ccc2O[C@@H]3/C=C/c2ccccc2)cc1. The van der Waals surface area contributed by atoms with Crippen molar-refractivity contribution in [2.75, 3.05) is 0 Å². The molecular weight excluding hydrogens is 462 g/mol. The molecule has 6 nitrogen and oxygen atoms in total. The molecule has 5 aromatic rings. The van der Waals surface area contributed by atoms with Gasteiger partial charge in [0.1, 0.15) is 5.75 Å². The van der Waals surface area contributed by atoms with Crippen LogP contribution in [0.4, 0.5) is 0 Å². The lowest BCUT2D eigenvalue weighted by molar-refractivity contribution is 0.238. The summed E-state index contributed by atoms with van der Waals surface area (Å²) in [5, 5.41) is 0.500. The smallest absolute Gasteiger partial charge is 0.331 e. The van der Waals surface area contributed by atoms with Gasteiger partial charge in [0.15, 0.2) is 6.10 Å². The van der Waals surface area contributed by atoms with E-state index in [4.69, 9.17) is 4.74 Å². The Morgan fingerprint density at radius 2 is 1.54 bits per heavy atom. The first-order valence-corrected chi connectivity index (χ1v) is 12.3. The molecule has 0 spiro atoms. The number of ether oxygens (including phenoxy) is 1. The van der Waals surface area contributed by atoms with Crippen molar-refractivity contribution in [3.8, 4) is 22.7 Å². The zero-order valence-corrected chi connectivity index (χ0v) is 21.2. The highest BCUT2D eigenvalue weighted by Crippen LogP contribution is 2.45. The second kappa shape index (κ2) is 8.52. The Morgan fingerprint density at radius 1 is 0.838 bits per heavy atom. The molecule has 0 aliphatic carbocycles. The van der Waals surface area contributed by atoms with Crippen LogP contribution in [0.2, 0.25) is 0 Å². The van der Waals surface area contributed by atoms with Gasteiger partial charge in [-0.25, -0.2) is 4.79 Å². The number of aromatic nitrogens is 3. The van der Waals surface area contributed by atoms with Gasteiger partial charge in [-0.15, -0.1) is 0 Å². The molecule has 6 heteroatoms. The first-order valence-electron chi connectivity index (χ1n) is 12.3. The van der Waals surface area contributed by atoms with Crippen molar-refractivity contribution in [1.82, 2.24) is 13.7 Å². The van der Waals surface area contributed by atoms with Crippen LogP contribution in [0.3, 0.4) is 0 Å². The average molecular weight is 490 g/mol. The van der Waals surface area contributed by atoms with Crippen LogP contribution in [0, 0.1) is 13.8 Å². The summed E-state index contributed by atoms with van der Waals surface area (Å²) in [6, 6.07) is 24.2. The van der Waals surface area contributed by atoms with Gasteiger partial charge in [-0.1, -0.05) is 72.3 Å². The molecule has 0 unspecified atom stereocenters. The fourth-order valence-corrected chi connectivity index (χ4v) is 5.18. The predicted molar refractivity (Wildman–Crippen MR) is 148 cm³/mol. The van der Waals surface area contributed by atoms with Crippen LogP contribution >= 0.6 is 0 Å². The van der Waals surface area contributed by atoms with Crippen molar-refractivity contribution in [3.05, 3.63) is 122 Å². The first kappa shape index (κ1) is 22.9. The fraction of sp³-hybridized carbons (Fsp3) is 0.161. The monoisotopic (exact) mass is 489 g/mol. The zero-order chi connectivity index (χ0) is 25.8. The second-order valence-electron chi connectivity index (χ2n) is 9.64. The van der Waals surface area contributed by atoms with E-state index in [-0.39, 0.29) is 11.2 Å². The van der Waals surface area contributed by atoms with Crippen molar-refractivity contribution < 1.29 is 4.74 Å². The Bertz CT molecular complexity index is 1820. The van der Waals surface area contributed by atoms with Crippen molar-refractivity contribution in [2.24, 2.45) is 14.1 Å². The number of benzene rings is 3. The molecule has 0 amide bonds. The Labute approximate surface area is 214 Å². The maximum Gasteiger partial charge on any atom is 0.331 e. The van der Waals surface area contributed by atoms with E-state index >= 15 is 0 Å². The molecular formula is C31H27N3O3. The van der Waals surface area contributed by atoms with Crippen LogP contribution in [-0.4, -0.2) is 13.7 Å². The van der Waals surface area contributed by atoms with Crippen LogP contribution in [0.25, 0.3) is 33.9 Å². The first-order chi connectivity index (χ1) is 17.8. The summed E-state index contributed by atoms with van der Waals surface area (Å²) in [6.07, 6.45) is 3.48. The minimum atomic E-state index is -0.519. The lowest BCUT2D eigenvalue weighted by atomic mass is 10.1. The molecule has 3 aromatic carbocycles. The molecule has 37 heavy (non-hydrogen) atoms. The summed E-state index contributed by atoms with van der Waals surface area (Å²) >= 11 is 0. The molecule has 0 bridgehead atoms. The van der Waals surface area contributed by atoms with E-state index in [0.717, 1.165) is 45.1 Å². The number of hydrogen-bond donors (Lipinski definition) is 0. The van der Waals surface area contributed by atoms with Crippen LogP contribution in [-0.2, 0) is 14.1 Å². The van der Waals surface area contributed by atoms with Gasteiger partial charge in [-0.3, -0.25) is 13.9 Å². The Balaban J connectivity index is 1.77.